The van der Waals surface area contributed by atoms with Crippen LogP contribution in [0.1, 0.15) is 122 Å². The number of aliphatic carboxylic acids is 1. The van der Waals surface area contributed by atoms with Crippen LogP contribution in [0.2, 0.25) is 0 Å². The fourth-order valence-corrected chi connectivity index (χ4v) is 4.01. The number of halogens is 1. The number of hydrogen-bond donors (Lipinski definition) is 1. The number of carboxylic acids is 1. The van der Waals surface area contributed by atoms with Crippen molar-refractivity contribution in [1.82, 2.24) is 0 Å². The lowest BCUT2D eigenvalue weighted by atomic mass is 10.0. The zero-order chi connectivity index (χ0) is 23.4. The number of quaternary nitrogens is 1. The second-order valence-electron chi connectivity index (χ2n) is 10.2. The van der Waals surface area contributed by atoms with Crippen molar-refractivity contribution >= 4 is 11.9 Å². The van der Waals surface area contributed by atoms with Crippen LogP contribution in [0, 0.1) is 0 Å². The van der Waals surface area contributed by atoms with E-state index in [1.807, 2.05) is 21.1 Å². The molecule has 0 spiro atoms. The van der Waals surface area contributed by atoms with Gasteiger partial charge in [0.25, 0.3) is 0 Å². The Morgan fingerprint density at radius 1 is 0.719 bits per heavy atom. The molecule has 0 saturated heterocycles. The molecule has 0 bridgehead atoms. The van der Waals surface area contributed by atoms with Crippen molar-refractivity contribution in [2.75, 3.05) is 27.7 Å². The van der Waals surface area contributed by atoms with Gasteiger partial charge in [-0.1, -0.05) is 103 Å². The highest BCUT2D eigenvalue weighted by molar-refractivity contribution is 5.71. The fourth-order valence-electron chi connectivity index (χ4n) is 4.01. The van der Waals surface area contributed by atoms with Crippen molar-refractivity contribution in [2.24, 2.45) is 0 Å². The molecule has 0 aromatic heterocycles. The number of carbonyl (C=O) groups excluding carboxylic acids is 1. The number of hydrogen-bond acceptors (Lipinski definition) is 3. The lowest BCUT2D eigenvalue weighted by Crippen LogP contribution is -3.00. The van der Waals surface area contributed by atoms with Gasteiger partial charge in [-0.05, 0) is 6.42 Å². The molecule has 0 aromatic carbocycles. The summed E-state index contributed by atoms with van der Waals surface area (Å²) in [6.45, 7) is 2.78. The molecule has 0 aromatic rings. The van der Waals surface area contributed by atoms with E-state index in [1.54, 1.807) is 0 Å². The molecule has 0 aliphatic rings. The lowest BCUT2D eigenvalue weighted by Gasteiger charge is -2.28. The highest BCUT2D eigenvalue weighted by atomic mass is 35.5. The Kier molecular flexibility index (Phi) is 22.9. The molecule has 6 heteroatoms. The third-order valence-corrected chi connectivity index (χ3v) is 5.69. The van der Waals surface area contributed by atoms with Crippen LogP contribution in [-0.4, -0.2) is 55.3 Å². The highest BCUT2D eigenvalue weighted by Gasteiger charge is 2.24. The zero-order valence-corrected chi connectivity index (χ0v) is 22.3. The van der Waals surface area contributed by atoms with Gasteiger partial charge < -0.3 is 26.7 Å². The van der Waals surface area contributed by atoms with Gasteiger partial charge in [-0.25, -0.2) is 0 Å². The van der Waals surface area contributed by atoms with Crippen LogP contribution in [-0.2, 0) is 14.3 Å². The van der Waals surface area contributed by atoms with Crippen molar-refractivity contribution in [3.05, 3.63) is 0 Å². The summed E-state index contributed by atoms with van der Waals surface area (Å²) in [6.07, 6.45) is 20.6. The van der Waals surface area contributed by atoms with Gasteiger partial charge in [0.1, 0.15) is 6.54 Å². The predicted molar refractivity (Wildman–Crippen MR) is 129 cm³/mol. The molecule has 0 amide bonds. The Balaban J connectivity index is 0. The Morgan fingerprint density at radius 2 is 1.09 bits per heavy atom. The van der Waals surface area contributed by atoms with Crippen molar-refractivity contribution in [3.8, 4) is 0 Å². The van der Waals surface area contributed by atoms with Crippen LogP contribution in [0.5, 0.6) is 0 Å². The summed E-state index contributed by atoms with van der Waals surface area (Å²) in [5.41, 5.74) is 0. The summed E-state index contributed by atoms with van der Waals surface area (Å²) in [7, 11) is 5.91. The number of carbonyl (C=O) groups is 2. The van der Waals surface area contributed by atoms with E-state index in [2.05, 4.69) is 6.92 Å². The topological polar surface area (TPSA) is 63.6 Å². The maximum Gasteiger partial charge on any atom is 0.307 e. The number of rotatable bonds is 22. The first kappa shape index (κ1) is 33.4. The molecule has 5 nitrogen and oxygen atoms in total. The van der Waals surface area contributed by atoms with Crippen LogP contribution in [0.15, 0.2) is 0 Å². The number of nitrogens with zero attached hydrogens (tertiary/aromatic N) is 1. The second-order valence-corrected chi connectivity index (χ2v) is 10.2. The molecule has 0 saturated carbocycles. The molecule has 0 heterocycles. The maximum atomic E-state index is 12.0. The number of carboxylic acid groups (broad SMARTS) is 1. The monoisotopic (exact) mass is 477 g/mol. The molecule has 1 N–H and O–H groups in total. The average molecular weight is 478 g/mol. The Hall–Kier alpha value is -0.810. The Morgan fingerprint density at radius 3 is 1.44 bits per heavy atom. The Bertz CT molecular complexity index is 452. The zero-order valence-electron chi connectivity index (χ0n) is 21.5. The summed E-state index contributed by atoms with van der Waals surface area (Å²) >= 11 is 0. The van der Waals surface area contributed by atoms with Gasteiger partial charge in [-0.2, -0.15) is 0 Å². The summed E-state index contributed by atoms with van der Waals surface area (Å²) in [4.78, 5) is 23.0. The van der Waals surface area contributed by atoms with Crippen LogP contribution >= 0.6 is 0 Å². The molecule has 192 valence electrons. The predicted octanol–water partition coefficient (Wildman–Crippen LogP) is 3.73. The van der Waals surface area contributed by atoms with Gasteiger partial charge in [-0.3, -0.25) is 9.59 Å². The summed E-state index contributed by atoms with van der Waals surface area (Å²) in [6, 6.07) is 0. The van der Waals surface area contributed by atoms with Gasteiger partial charge in [0, 0.05) is 6.42 Å². The number of esters is 1. The van der Waals surface area contributed by atoms with E-state index >= 15 is 0 Å². The first-order chi connectivity index (χ1) is 14.7. The maximum absolute atomic E-state index is 12.0. The number of unbranched alkanes of at least 4 members (excludes halogenated alkanes) is 15. The van der Waals surface area contributed by atoms with Gasteiger partial charge in [0.05, 0.1) is 27.6 Å². The molecule has 1 atom stereocenters. The number of likely N-dealkylation sites (N-methyl/N-ethyl adjacent to an activating group) is 1. The fraction of sp³-hybridized carbons (Fsp3) is 0.923. The van der Waals surface area contributed by atoms with Crippen LogP contribution in [0.25, 0.3) is 0 Å². The summed E-state index contributed by atoms with van der Waals surface area (Å²) in [5, 5.41) is 9.02. The first-order valence-corrected chi connectivity index (χ1v) is 13.0. The largest absolute Gasteiger partial charge is 1.00 e. The SMILES string of the molecule is CCCCCCCCCCCCCCCCCCC(=O)O[C@H](CC(=O)O)C[N+](C)(C)C.[Cl-]. The molecule has 0 rings (SSSR count). The van der Waals surface area contributed by atoms with Gasteiger partial charge in [0.2, 0.25) is 0 Å². The normalized spacial score (nSPS) is 12.2. The third kappa shape index (κ3) is 25.5. The van der Waals surface area contributed by atoms with Crippen molar-refractivity contribution in [1.29, 1.82) is 0 Å². The van der Waals surface area contributed by atoms with E-state index in [9.17, 15) is 9.59 Å². The second kappa shape index (κ2) is 22.0. The van der Waals surface area contributed by atoms with Gasteiger partial charge >= 0.3 is 11.9 Å². The molecular weight excluding hydrogens is 426 g/mol. The minimum atomic E-state index is -0.923. The van der Waals surface area contributed by atoms with Gasteiger partial charge in [-0.15, -0.1) is 0 Å². The van der Waals surface area contributed by atoms with E-state index in [1.165, 1.54) is 89.9 Å². The lowest BCUT2D eigenvalue weighted by molar-refractivity contribution is -0.873. The first-order valence-electron chi connectivity index (χ1n) is 13.0. The molecule has 0 aliphatic heterocycles. The van der Waals surface area contributed by atoms with E-state index in [0.29, 0.717) is 17.4 Å². The van der Waals surface area contributed by atoms with E-state index < -0.39 is 12.1 Å². The van der Waals surface area contributed by atoms with E-state index in [0.717, 1.165) is 12.8 Å². The molecule has 0 aliphatic carbocycles. The average Bonchev–Trinajstić information content (AvgIpc) is 2.65. The Labute approximate surface area is 204 Å². The van der Waals surface area contributed by atoms with Gasteiger partial charge in [0.15, 0.2) is 6.10 Å². The molecule has 32 heavy (non-hydrogen) atoms. The van der Waals surface area contributed by atoms with Crippen LogP contribution in [0.4, 0.5) is 0 Å². The summed E-state index contributed by atoms with van der Waals surface area (Å²) < 4.78 is 6.00. The van der Waals surface area contributed by atoms with Crippen LogP contribution in [0.3, 0.4) is 0 Å². The number of ether oxygens (including phenoxy) is 1. The van der Waals surface area contributed by atoms with Crippen molar-refractivity contribution in [2.45, 2.75) is 129 Å². The molecule has 0 unspecified atom stereocenters. The third-order valence-electron chi connectivity index (χ3n) is 5.69. The van der Waals surface area contributed by atoms with Crippen LogP contribution < -0.4 is 12.4 Å². The standard InChI is InChI=1S/C26H51NO4.ClH/c1-5-6-7-8-9-10-11-12-13-14-15-16-17-18-19-20-21-26(30)31-24(22-25(28)29)23-27(2,3)4;/h24H,5-23H2,1-4H3;1H/t24-;/m1./s1. The quantitative estimate of drug-likeness (QED) is 0.146. The molecule has 0 fully saturated rings. The molecular formula is C26H52ClNO4. The molecule has 0 radical (unpaired) electrons. The van der Waals surface area contributed by atoms with Crippen molar-refractivity contribution < 1.29 is 36.3 Å². The summed E-state index contributed by atoms with van der Waals surface area (Å²) in [5.74, 6) is -1.18. The van der Waals surface area contributed by atoms with E-state index in [4.69, 9.17) is 9.84 Å². The van der Waals surface area contributed by atoms with E-state index in [-0.39, 0.29) is 24.8 Å². The highest BCUT2D eigenvalue weighted by Crippen LogP contribution is 2.14. The minimum Gasteiger partial charge on any atom is -1.00 e. The van der Waals surface area contributed by atoms with Crippen molar-refractivity contribution in [3.63, 3.8) is 0 Å². The minimum absolute atomic E-state index is 0. The smallest absolute Gasteiger partial charge is 0.307 e.